The van der Waals surface area contributed by atoms with E-state index in [0.717, 1.165) is 5.92 Å². The van der Waals surface area contributed by atoms with Crippen molar-refractivity contribution in [3.05, 3.63) is 35.5 Å². The Hall–Kier alpha value is -1.77. The fourth-order valence-corrected chi connectivity index (χ4v) is 4.39. The van der Waals surface area contributed by atoms with Crippen molar-refractivity contribution in [1.29, 1.82) is 0 Å². The normalized spacial score (nSPS) is 26.8. The molecule has 3 heteroatoms. The van der Waals surface area contributed by atoms with Gasteiger partial charge >= 0.3 is 5.97 Å². The molecule has 1 aromatic carbocycles. The molecule has 2 aliphatic carbocycles. The maximum Gasteiger partial charge on any atom is 0.306 e. The van der Waals surface area contributed by atoms with Crippen molar-refractivity contribution in [3.8, 4) is 0 Å². The van der Waals surface area contributed by atoms with Gasteiger partial charge in [0.2, 0.25) is 0 Å². The Morgan fingerprint density at radius 1 is 1.38 bits per heavy atom. The Kier molecular flexibility index (Phi) is 3.02. The van der Waals surface area contributed by atoms with Crippen LogP contribution in [0.15, 0.2) is 24.3 Å². The molecule has 0 radical (unpaired) electrons. The van der Waals surface area contributed by atoms with Crippen LogP contribution in [0.1, 0.15) is 43.4 Å². The van der Waals surface area contributed by atoms with Crippen LogP contribution in [-0.2, 0) is 16.0 Å². The third-order valence-electron chi connectivity index (χ3n) is 5.30. The predicted molar refractivity (Wildman–Crippen MR) is 82.2 cm³/mol. The van der Waals surface area contributed by atoms with Crippen molar-refractivity contribution in [2.45, 2.75) is 38.5 Å². The Morgan fingerprint density at radius 3 is 3.10 bits per heavy atom. The van der Waals surface area contributed by atoms with Gasteiger partial charge in [0.25, 0.3) is 0 Å². The molecule has 3 atom stereocenters. The van der Waals surface area contributed by atoms with E-state index in [1.165, 1.54) is 41.4 Å². The van der Waals surface area contributed by atoms with Gasteiger partial charge in [0.15, 0.2) is 0 Å². The van der Waals surface area contributed by atoms with Crippen molar-refractivity contribution in [2.75, 3.05) is 6.61 Å². The Labute approximate surface area is 124 Å². The number of rotatable bonds is 3. The van der Waals surface area contributed by atoms with Crippen LogP contribution in [0.25, 0.3) is 10.9 Å². The summed E-state index contributed by atoms with van der Waals surface area (Å²) in [7, 11) is 0. The van der Waals surface area contributed by atoms with Crippen LogP contribution in [0.4, 0.5) is 0 Å². The lowest BCUT2D eigenvalue weighted by molar-refractivity contribution is -0.145. The lowest BCUT2D eigenvalue weighted by Gasteiger charge is -2.47. The van der Waals surface area contributed by atoms with E-state index >= 15 is 0 Å². The first-order valence-electron chi connectivity index (χ1n) is 8.03. The minimum atomic E-state index is -0.0378. The number of hydrogen-bond donors (Lipinski definition) is 1. The Bertz CT molecular complexity index is 688. The third-order valence-corrected chi connectivity index (χ3v) is 5.30. The molecule has 4 rings (SSSR count). The number of benzene rings is 1. The number of fused-ring (bicyclic) bond motifs is 5. The molecule has 1 fully saturated rings. The monoisotopic (exact) mass is 283 g/mol. The van der Waals surface area contributed by atoms with Gasteiger partial charge in [-0.3, -0.25) is 4.79 Å². The van der Waals surface area contributed by atoms with Crippen molar-refractivity contribution in [2.24, 2.45) is 11.8 Å². The zero-order chi connectivity index (χ0) is 14.4. The first-order valence-corrected chi connectivity index (χ1v) is 8.03. The maximum absolute atomic E-state index is 11.8. The molecule has 2 aromatic rings. The van der Waals surface area contributed by atoms with Crippen molar-refractivity contribution >= 4 is 16.9 Å². The summed E-state index contributed by atoms with van der Waals surface area (Å²) in [6, 6.07) is 8.56. The molecule has 0 spiro atoms. The number of hydrogen-bond acceptors (Lipinski definition) is 2. The van der Waals surface area contributed by atoms with E-state index < -0.39 is 0 Å². The van der Waals surface area contributed by atoms with Crippen molar-refractivity contribution in [1.82, 2.24) is 4.98 Å². The minimum Gasteiger partial charge on any atom is -0.466 e. The number of aromatic nitrogens is 1. The number of aryl methyl sites for hydroxylation is 1. The molecular formula is C18H21NO2. The second-order valence-corrected chi connectivity index (χ2v) is 6.39. The summed E-state index contributed by atoms with van der Waals surface area (Å²) in [4.78, 5) is 15.4. The van der Waals surface area contributed by atoms with Gasteiger partial charge in [0, 0.05) is 28.9 Å². The van der Waals surface area contributed by atoms with Crippen LogP contribution in [0.5, 0.6) is 0 Å². The van der Waals surface area contributed by atoms with Gasteiger partial charge in [-0.05, 0) is 49.7 Å². The van der Waals surface area contributed by atoms with Crippen LogP contribution in [0, 0.1) is 11.8 Å². The zero-order valence-electron chi connectivity index (χ0n) is 12.4. The Morgan fingerprint density at radius 2 is 2.24 bits per heavy atom. The molecule has 0 bridgehead atoms. The van der Waals surface area contributed by atoms with Gasteiger partial charge in [-0.15, -0.1) is 0 Å². The first-order chi connectivity index (χ1) is 10.3. The molecule has 1 saturated carbocycles. The summed E-state index contributed by atoms with van der Waals surface area (Å²) in [6.07, 6.45) is 4.19. The van der Waals surface area contributed by atoms with E-state index in [9.17, 15) is 4.79 Å². The molecule has 1 heterocycles. The smallest absolute Gasteiger partial charge is 0.306 e. The fourth-order valence-electron chi connectivity index (χ4n) is 4.39. The number of aromatic amines is 1. The van der Waals surface area contributed by atoms with Crippen LogP contribution in [0.2, 0.25) is 0 Å². The van der Waals surface area contributed by atoms with Gasteiger partial charge in [-0.1, -0.05) is 18.2 Å². The molecule has 1 N–H and O–H groups in total. The zero-order valence-corrected chi connectivity index (χ0v) is 12.4. The van der Waals surface area contributed by atoms with Crippen LogP contribution >= 0.6 is 0 Å². The molecule has 21 heavy (non-hydrogen) atoms. The molecule has 0 amide bonds. The van der Waals surface area contributed by atoms with E-state index in [2.05, 4.69) is 29.2 Å². The summed E-state index contributed by atoms with van der Waals surface area (Å²) in [6.45, 7) is 2.36. The second-order valence-electron chi connectivity index (χ2n) is 6.39. The highest BCUT2D eigenvalue weighted by atomic mass is 16.5. The van der Waals surface area contributed by atoms with Gasteiger partial charge < -0.3 is 9.72 Å². The summed E-state index contributed by atoms with van der Waals surface area (Å²) < 4.78 is 5.13. The quantitative estimate of drug-likeness (QED) is 0.871. The summed E-state index contributed by atoms with van der Waals surface area (Å²) in [5.41, 5.74) is 4.12. The second kappa shape index (κ2) is 4.90. The molecule has 0 saturated heterocycles. The highest BCUT2D eigenvalue weighted by Gasteiger charge is 2.46. The number of carbonyl (C=O) groups is 1. The van der Waals surface area contributed by atoms with E-state index in [0.29, 0.717) is 24.9 Å². The lowest BCUT2D eigenvalue weighted by atomic mass is 9.57. The minimum absolute atomic E-state index is 0.0378. The third kappa shape index (κ3) is 1.98. The summed E-state index contributed by atoms with van der Waals surface area (Å²) in [5.74, 6) is 1.71. The van der Waals surface area contributed by atoms with Gasteiger partial charge in [0.1, 0.15) is 0 Å². The van der Waals surface area contributed by atoms with Crippen LogP contribution in [0.3, 0.4) is 0 Å². The lowest BCUT2D eigenvalue weighted by Crippen LogP contribution is -2.39. The summed E-state index contributed by atoms with van der Waals surface area (Å²) >= 11 is 0. The molecule has 110 valence electrons. The number of carbonyl (C=O) groups excluding carboxylic acids is 1. The molecular weight excluding hydrogens is 262 g/mol. The van der Waals surface area contributed by atoms with E-state index in [1.54, 1.807) is 0 Å². The van der Waals surface area contributed by atoms with Crippen LogP contribution in [-0.4, -0.2) is 17.6 Å². The number of nitrogens with one attached hydrogen (secondary N) is 1. The maximum atomic E-state index is 11.8. The standard InChI is InChI=1S/C18H21NO2/c1-2-21-16(20)10-12-9-11-7-8-14-13-5-3-4-6-15(13)19-18(14)17(11)12/h3-6,11-12,17,19H,2,7-10H2,1H3. The number of para-hydroxylation sites is 1. The number of ether oxygens (including phenoxy) is 1. The van der Waals surface area contributed by atoms with Crippen molar-refractivity contribution in [3.63, 3.8) is 0 Å². The highest BCUT2D eigenvalue weighted by Crippen LogP contribution is 2.55. The average molecular weight is 283 g/mol. The first kappa shape index (κ1) is 12.9. The van der Waals surface area contributed by atoms with Gasteiger partial charge in [-0.25, -0.2) is 0 Å². The molecule has 3 unspecified atom stereocenters. The molecule has 0 aliphatic heterocycles. The highest BCUT2D eigenvalue weighted by molar-refractivity contribution is 5.85. The SMILES string of the molecule is CCOC(=O)CC1CC2CCc3c([nH]c4ccccc34)C21. The molecule has 1 aromatic heterocycles. The van der Waals surface area contributed by atoms with E-state index in [4.69, 9.17) is 4.74 Å². The van der Waals surface area contributed by atoms with Gasteiger partial charge in [0.05, 0.1) is 6.61 Å². The van der Waals surface area contributed by atoms with E-state index in [1.807, 2.05) is 6.92 Å². The average Bonchev–Trinajstić information content (AvgIpc) is 2.81. The topological polar surface area (TPSA) is 42.1 Å². The van der Waals surface area contributed by atoms with Crippen molar-refractivity contribution < 1.29 is 9.53 Å². The molecule has 3 nitrogen and oxygen atoms in total. The number of H-pyrrole nitrogens is 1. The largest absolute Gasteiger partial charge is 0.466 e. The van der Waals surface area contributed by atoms with Gasteiger partial charge in [-0.2, -0.15) is 0 Å². The van der Waals surface area contributed by atoms with Crippen LogP contribution < -0.4 is 0 Å². The fraction of sp³-hybridized carbons (Fsp3) is 0.500. The summed E-state index contributed by atoms with van der Waals surface area (Å²) in [5, 5.41) is 1.37. The van der Waals surface area contributed by atoms with E-state index in [-0.39, 0.29) is 5.97 Å². The molecule has 2 aliphatic rings. The Balaban J connectivity index is 1.64. The predicted octanol–water partition coefficient (Wildman–Crippen LogP) is 3.79. The number of esters is 1.